The van der Waals surface area contributed by atoms with E-state index < -0.39 is 17.8 Å². The highest BCUT2D eigenvalue weighted by Crippen LogP contribution is 2.37. The number of H-pyrrole nitrogens is 1. The number of piperidine rings is 1. The molecule has 0 saturated carbocycles. The van der Waals surface area contributed by atoms with Crippen molar-refractivity contribution >= 4 is 11.7 Å². The third-order valence-corrected chi connectivity index (χ3v) is 8.64. The predicted octanol–water partition coefficient (Wildman–Crippen LogP) is 8.69. The first-order valence-corrected chi connectivity index (χ1v) is 15.4. The quantitative estimate of drug-likeness (QED) is 0.182. The van der Waals surface area contributed by atoms with Gasteiger partial charge in [-0.15, -0.1) is 0 Å². The molecule has 5 aromatic rings. The molecule has 1 unspecified atom stereocenters. The lowest BCUT2D eigenvalue weighted by Crippen LogP contribution is -2.49. The van der Waals surface area contributed by atoms with Crippen LogP contribution in [0.5, 0.6) is 0 Å². The number of aryl methyl sites for hydroxylation is 1. The zero-order valence-electron chi connectivity index (χ0n) is 25.5. The van der Waals surface area contributed by atoms with Crippen LogP contribution in [0.2, 0.25) is 0 Å². The number of imidazole rings is 1. The van der Waals surface area contributed by atoms with Crippen molar-refractivity contribution in [1.82, 2.24) is 19.8 Å². The van der Waals surface area contributed by atoms with E-state index in [0.29, 0.717) is 49.6 Å². The SMILES string of the molecule is Cc1ccc(C(c2ncc[nH]2)N2CCC(N(Cc3cccc(-c4ccccc4)c3)C(=O)Nc3ccccc3)CC2)cc1C(F)(F)F. The van der Waals surface area contributed by atoms with Gasteiger partial charge in [-0.25, -0.2) is 9.78 Å². The Morgan fingerprint density at radius 1 is 0.935 bits per heavy atom. The van der Waals surface area contributed by atoms with E-state index in [2.05, 4.69) is 44.5 Å². The van der Waals surface area contributed by atoms with Crippen molar-refractivity contribution < 1.29 is 18.0 Å². The van der Waals surface area contributed by atoms with Crippen molar-refractivity contribution in [2.45, 2.75) is 44.6 Å². The number of urea groups is 1. The van der Waals surface area contributed by atoms with Crippen LogP contribution in [0.3, 0.4) is 0 Å². The van der Waals surface area contributed by atoms with Crippen LogP contribution in [0, 0.1) is 6.92 Å². The monoisotopic (exact) mass is 623 g/mol. The molecule has 1 aliphatic heterocycles. The predicted molar refractivity (Wildman–Crippen MR) is 174 cm³/mol. The fourth-order valence-electron chi connectivity index (χ4n) is 6.30. The van der Waals surface area contributed by atoms with Crippen LogP contribution in [-0.4, -0.2) is 44.9 Å². The van der Waals surface area contributed by atoms with Crippen LogP contribution in [0.25, 0.3) is 11.1 Å². The van der Waals surface area contributed by atoms with Gasteiger partial charge in [0.25, 0.3) is 0 Å². The highest BCUT2D eigenvalue weighted by atomic mass is 19.4. The van der Waals surface area contributed by atoms with Gasteiger partial charge in [-0.05, 0) is 71.8 Å². The molecule has 4 aromatic carbocycles. The topological polar surface area (TPSA) is 64.3 Å². The normalized spacial score (nSPS) is 15.0. The molecule has 0 spiro atoms. The van der Waals surface area contributed by atoms with Crippen molar-refractivity contribution in [3.05, 3.63) is 144 Å². The van der Waals surface area contributed by atoms with Crippen LogP contribution < -0.4 is 5.32 Å². The molecule has 1 aromatic heterocycles. The molecule has 236 valence electrons. The molecule has 1 aliphatic rings. The van der Waals surface area contributed by atoms with Crippen LogP contribution in [0.1, 0.15) is 47.0 Å². The summed E-state index contributed by atoms with van der Waals surface area (Å²) in [5, 5.41) is 3.07. The number of likely N-dealkylation sites (tertiary alicyclic amines) is 1. The van der Waals surface area contributed by atoms with Gasteiger partial charge in [0.1, 0.15) is 5.82 Å². The first-order valence-electron chi connectivity index (χ1n) is 15.4. The van der Waals surface area contributed by atoms with Gasteiger partial charge in [-0.1, -0.05) is 78.9 Å². The molecular weight excluding hydrogens is 587 g/mol. The number of para-hydroxylation sites is 1. The van der Waals surface area contributed by atoms with Gasteiger partial charge in [-0.2, -0.15) is 13.2 Å². The lowest BCUT2D eigenvalue weighted by molar-refractivity contribution is -0.138. The van der Waals surface area contributed by atoms with Crippen molar-refractivity contribution in [3.8, 4) is 11.1 Å². The molecule has 1 atom stereocenters. The van der Waals surface area contributed by atoms with Gasteiger partial charge in [0.05, 0.1) is 11.6 Å². The molecule has 2 amide bonds. The third-order valence-electron chi connectivity index (χ3n) is 8.64. The van der Waals surface area contributed by atoms with Gasteiger partial charge in [0, 0.05) is 43.8 Å². The average Bonchev–Trinajstić information content (AvgIpc) is 3.60. The lowest BCUT2D eigenvalue weighted by atomic mass is 9.95. The third kappa shape index (κ3) is 7.15. The van der Waals surface area contributed by atoms with E-state index in [4.69, 9.17) is 0 Å². The Hall–Kier alpha value is -4.89. The number of nitrogens with one attached hydrogen (secondary N) is 2. The zero-order valence-corrected chi connectivity index (χ0v) is 25.5. The number of aromatic amines is 1. The average molecular weight is 624 g/mol. The Kier molecular flexibility index (Phi) is 9.21. The van der Waals surface area contributed by atoms with E-state index in [1.807, 2.05) is 65.6 Å². The fraction of sp³-hybridized carbons (Fsp3) is 0.243. The lowest BCUT2D eigenvalue weighted by Gasteiger charge is -2.41. The minimum absolute atomic E-state index is 0.0821. The van der Waals surface area contributed by atoms with Crippen molar-refractivity contribution in [3.63, 3.8) is 0 Å². The van der Waals surface area contributed by atoms with E-state index in [0.717, 1.165) is 16.7 Å². The smallest absolute Gasteiger partial charge is 0.347 e. The van der Waals surface area contributed by atoms with Gasteiger partial charge in [0.2, 0.25) is 0 Å². The highest BCUT2D eigenvalue weighted by molar-refractivity contribution is 5.89. The number of aromatic nitrogens is 2. The minimum atomic E-state index is -4.45. The van der Waals surface area contributed by atoms with Crippen molar-refractivity contribution in [2.24, 2.45) is 0 Å². The second-order valence-corrected chi connectivity index (χ2v) is 11.7. The summed E-state index contributed by atoms with van der Waals surface area (Å²) in [5.41, 5.74) is 3.98. The number of carbonyl (C=O) groups excluding carboxylic acids is 1. The van der Waals surface area contributed by atoms with E-state index in [1.165, 1.54) is 19.1 Å². The molecular formula is C37H36F3N5O. The maximum absolute atomic E-state index is 13.9. The van der Waals surface area contributed by atoms with Crippen molar-refractivity contribution in [1.29, 1.82) is 0 Å². The first-order chi connectivity index (χ1) is 22.3. The van der Waals surface area contributed by atoms with Crippen LogP contribution in [-0.2, 0) is 12.7 Å². The van der Waals surface area contributed by atoms with Gasteiger partial charge < -0.3 is 15.2 Å². The molecule has 2 heterocycles. The van der Waals surface area contributed by atoms with E-state index in [1.54, 1.807) is 18.5 Å². The molecule has 0 radical (unpaired) electrons. The number of hydrogen-bond acceptors (Lipinski definition) is 3. The Balaban J connectivity index is 1.25. The Morgan fingerprint density at radius 2 is 1.63 bits per heavy atom. The number of halogens is 3. The summed E-state index contributed by atoms with van der Waals surface area (Å²) in [6, 6.07) is 31.5. The number of benzene rings is 4. The summed E-state index contributed by atoms with van der Waals surface area (Å²) < 4.78 is 41.6. The van der Waals surface area contributed by atoms with E-state index >= 15 is 0 Å². The van der Waals surface area contributed by atoms with Crippen LogP contribution >= 0.6 is 0 Å². The summed E-state index contributed by atoms with van der Waals surface area (Å²) in [5.74, 6) is 0.590. The molecule has 46 heavy (non-hydrogen) atoms. The Labute approximate surface area is 266 Å². The number of rotatable bonds is 8. The Bertz CT molecular complexity index is 1730. The minimum Gasteiger partial charge on any atom is -0.347 e. The van der Waals surface area contributed by atoms with Crippen molar-refractivity contribution in [2.75, 3.05) is 18.4 Å². The second kappa shape index (κ2) is 13.6. The molecule has 1 saturated heterocycles. The maximum Gasteiger partial charge on any atom is 0.416 e. The molecule has 0 bridgehead atoms. The van der Waals surface area contributed by atoms with E-state index in [-0.39, 0.29) is 17.6 Å². The number of anilines is 1. The first kappa shape index (κ1) is 31.1. The van der Waals surface area contributed by atoms with Gasteiger partial charge in [0.15, 0.2) is 0 Å². The molecule has 1 fully saturated rings. The molecule has 9 heteroatoms. The molecule has 6 nitrogen and oxygen atoms in total. The van der Waals surface area contributed by atoms with Crippen LogP contribution in [0.4, 0.5) is 23.7 Å². The second-order valence-electron chi connectivity index (χ2n) is 11.7. The largest absolute Gasteiger partial charge is 0.416 e. The number of amides is 2. The Morgan fingerprint density at radius 3 is 2.30 bits per heavy atom. The summed E-state index contributed by atoms with van der Waals surface area (Å²) in [6.45, 7) is 3.04. The number of alkyl halides is 3. The molecule has 6 rings (SSSR count). The standard InChI is InChI=1S/C37H36F3N5O/c1-26-15-16-30(24-33(26)37(38,39)40)34(35-41-19-20-42-35)44-21-17-32(18-22-44)45(36(46)43-31-13-6-3-7-14-31)25-27-9-8-12-29(23-27)28-10-4-2-5-11-28/h2-16,19-20,23-24,32,34H,17-18,21-22,25H2,1H3,(H,41,42)(H,43,46). The summed E-state index contributed by atoms with van der Waals surface area (Å²) in [7, 11) is 0. The fourth-order valence-corrected chi connectivity index (χ4v) is 6.30. The molecule has 2 N–H and O–H groups in total. The summed E-state index contributed by atoms with van der Waals surface area (Å²) >= 11 is 0. The maximum atomic E-state index is 13.9. The highest BCUT2D eigenvalue weighted by Gasteiger charge is 2.36. The molecule has 0 aliphatic carbocycles. The summed E-state index contributed by atoms with van der Waals surface area (Å²) in [6.07, 6.45) is 0.150. The van der Waals surface area contributed by atoms with Gasteiger partial charge in [-0.3, -0.25) is 4.90 Å². The zero-order chi connectivity index (χ0) is 32.1. The number of nitrogens with zero attached hydrogens (tertiary/aromatic N) is 3. The van der Waals surface area contributed by atoms with Gasteiger partial charge >= 0.3 is 12.2 Å². The summed E-state index contributed by atoms with van der Waals surface area (Å²) in [4.78, 5) is 25.5. The van der Waals surface area contributed by atoms with Crippen LogP contribution in [0.15, 0.2) is 116 Å². The number of hydrogen-bond donors (Lipinski definition) is 2. The number of carbonyl (C=O) groups is 1. The van der Waals surface area contributed by atoms with E-state index in [9.17, 15) is 18.0 Å².